The predicted octanol–water partition coefficient (Wildman–Crippen LogP) is 17.0. The smallest absolute Gasteiger partial charge is 0.165 e. The first kappa shape index (κ1) is 38.9. The summed E-state index contributed by atoms with van der Waals surface area (Å²) in [5.74, 6) is 1.96. The van der Waals surface area contributed by atoms with Gasteiger partial charge >= 0.3 is 0 Å². The van der Waals surface area contributed by atoms with Crippen molar-refractivity contribution in [2.75, 3.05) is 0 Å². The highest BCUT2D eigenvalue weighted by atomic mass is 32.1. The van der Waals surface area contributed by atoms with Crippen LogP contribution in [0.4, 0.5) is 0 Å². The van der Waals surface area contributed by atoms with Gasteiger partial charge in [-0.05, 0) is 83.9 Å². The van der Waals surface area contributed by atoms with Crippen LogP contribution in [0.15, 0.2) is 229 Å². The van der Waals surface area contributed by atoms with Gasteiger partial charge in [0.25, 0.3) is 0 Å². The number of benzene rings is 10. The summed E-state index contributed by atoms with van der Waals surface area (Å²) >= 11 is 1.80. The molecule has 5 aromatic heterocycles. The lowest BCUT2D eigenvalue weighted by Crippen LogP contribution is -2.00. The highest BCUT2D eigenvalue weighted by molar-refractivity contribution is 7.26. The van der Waals surface area contributed by atoms with Gasteiger partial charge in [-0.1, -0.05) is 152 Å². The molecule has 70 heavy (non-hydrogen) atoms. The van der Waals surface area contributed by atoms with Crippen LogP contribution >= 0.6 is 11.3 Å². The number of hydrogen-bond acceptors (Lipinski definition) is 5. The van der Waals surface area contributed by atoms with E-state index in [9.17, 15) is 0 Å². The summed E-state index contributed by atoms with van der Waals surface area (Å²) in [6.07, 6.45) is 0. The Morgan fingerprint density at radius 1 is 0.314 bits per heavy atom. The van der Waals surface area contributed by atoms with Crippen molar-refractivity contribution in [2.45, 2.75) is 0 Å². The van der Waals surface area contributed by atoms with Crippen molar-refractivity contribution in [3.05, 3.63) is 224 Å². The van der Waals surface area contributed by atoms with Crippen LogP contribution in [-0.2, 0) is 0 Å². The summed E-state index contributed by atoms with van der Waals surface area (Å²) in [6, 6.07) is 79.8. The number of nitrogens with zero attached hydrogens (tertiary/aromatic N) is 5. The molecule has 0 N–H and O–H groups in total. The van der Waals surface area contributed by atoms with E-state index in [4.69, 9.17) is 19.4 Å². The van der Waals surface area contributed by atoms with Crippen molar-refractivity contribution in [3.8, 4) is 56.7 Å². The molecule has 326 valence electrons. The van der Waals surface area contributed by atoms with Gasteiger partial charge in [-0.3, -0.25) is 0 Å². The van der Waals surface area contributed by atoms with Crippen molar-refractivity contribution in [1.29, 1.82) is 0 Å². The van der Waals surface area contributed by atoms with E-state index in [2.05, 4.69) is 185 Å². The third kappa shape index (κ3) is 5.89. The van der Waals surface area contributed by atoms with E-state index in [1.165, 1.54) is 53.7 Å². The van der Waals surface area contributed by atoms with Gasteiger partial charge in [0.15, 0.2) is 17.5 Å². The van der Waals surface area contributed by atoms with E-state index in [0.717, 1.165) is 71.3 Å². The number of aromatic nitrogens is 5. The van der Waals surface area contributed by atoms with Crippen LogP contribution < -0.4 is 0 Å². The van der Waals surface area contributed by atoms with Gasteiger partial charge in [-0.15, -0.1) is 11.3 Å². The minimum absolute atomic E-state index is 0.650. The minimum atomic E-state index is 0.650. The number of furan rings is 1. The van der Waals surface area contributed by atoms with Crippen LogP contribution in [0.2, 0.25) is 0 Å². The molecule has 0 bridgehead atoms. The third-order valence-electron chi connectivity index (χ3n) is 14.0. The third-order valence-corrected chi connectivity index (χ3v) is 15.3. The molecule has 0 aliphatic carbocycles. The Balaban J connectivity index is 0.876. The zero-order chi connectivity index (χ0) is 45.9. The lowest BCUT2D eigenvalue weighted by molar-refractivity contribution is 0.669. The Morgan fingerprint density at radius 3 is 1.51 bits per heavy atom. The monoisotopic (exact) mass is 911 g/mol. The summed E-state index contributed by atoms with van der Waals surface area (Å²) in [5.41, 5.74) is 13.9. The predicted molar refractivity (Wildman–Crippen MR) is 290 cm³/mol. The van der Waals surface area contributed by atoms with E-state index in [-0.39, 0.29) is 0 Å². The lowest BCUT2D eigenvalue weighted by atomic mass is 10.0. The molecule has 0 atom stereocenters. The number of para-hydroxylation sites is 3. The molecule has 0 unspecified atom stereocenters. The Morgan fingerprint density at radius 2 is 0.829 bits per heavy atom. The maximum Gasteiger partial charge on any atom is 0.165 e. The molecule has 0 radical (unpaired) electrons. The van der Waals surface area contributed by atoms with Gasteiger partial charge in [-0.2, -0.15) is 0 Å². The molecule has 0 amide bonds. The fourth-order valence-corrected chi connectivity index (χ4v) is 12.1. The Bertz CT molecular complexity index is 4540. The number of hydrogen-bond donors (Lipinski definition) is 0. The molecular weight excluding hydrogens is 875 g/mol. The van der Waals surface area contributed by atoms with E-state index >= 15 is 0 Å². The Labute approximate surface area is 404 Å². The molecule has 0 saturated carbocycles. The standard InChI is InChI=1S/C63H37N5OS/c1-3-15-38(16-4-1)61-64-62(39-17-5-2-6-18-39)66-63(65-61)48-24-13-22-46-47-23-14-27-56(60(47)70-59(46)48)68-53-26-11-8-20-44(53)50-36-41(30-33-55(50)68)40-29-32-54-49(35-40)43-19-7-10-25-52(43)67(54)42-31-34-58-51(37-42)45-21-9-12-28-57(45)69-58/h1-37H. The molecule has 0 saturated heterocycles. The molecular formula is C63H37N5OS. The van der Waals surface area contributed by atoms with Crippen molar-refractivity contribution >= 4 is 97.1 Å². The van der Waals surface area contributed by atoms with Gasteiger partial charge in [0, 0.05) is 70.2 Å². The topological polar surface area (TPSA) is 61.7 Å². The summed E-state index contributed by atoms with van der Waals surface area (Å²) in [4.78, 5) is 15.3. The first-order chi connectivity index (χ1) is 34.7. The summed E-state index contributed by atoms with van der Waals surface area (Å²) < 4.78 is 13.4. The number of thiophene rings is 1. The molecule has 7 heteroatoms. The van der Waals surface area contributed by atoms with Crippen molar-refractivity contribution in [2.24, 2.45) is 0 Å². The van der Waals surface area contributed by atoms with Gasteiger partial charge < -0.3 is 13.6 Å². The average molecular weight is 912 g/mol. The minimum Gasteiger partial charge on any atom is -0.456 e. The SMILES string of the molecule is c1ccc(-c2nc(-c3ccccc3)nc(-c3cccc4c3sc3c(-n5c6ccccc6c6cc(-c7ccc8c(c7)c7ccccc7n8-c7ccc8oc9ccccc9c8c7)ccc65)cccc34)n2)cc1. The molecule has 6 nitrogen and oxygen atoms in total. The van der Waals surface area contributed by atoms with E-state index in [0.29, 0.717) is 17.5 Å². The summed E-state index contributed by atoms with van der Waals surface area (Å²) in [7, 11) is 0. The fourth-order valence-electron chi connectivity index (χ4n) is 10.8. The van der Waals surface area contributed by atoms with Crippen LogP contribution in [0.25, 0.3) is 142 Å². The van der Waals surface area contributed by atoms with Crippen molar-refractivity contribution in [3.63, 3.8) is 0 Å². The number of fused-ring (bicyclic) bond motifs is 12. The van der Waals surface area contributed by atoms with Gasteiger partial charge in [0.1, 0.15) is 11.2 Å². The Hall–Kier alpha value is -9.17. The molecule has 0 spiro atoms. The second-order valence-electron chi connectivity index (χ2n) is 17.9. The first-order valence-corrected chi connectivity index (χ1v) is 24.3. The van der Waals surface area contributed by atoms with Crippen LogP contribution in [0.1, 0.15) is 0 Å². The van der Waals surface area contributed by atoms with Crippen molar-refractivity contribution < 1.29 is 4.42 Å². The lowest BCUT2D eigenvalue weighted by Gasteiger charge is -2.10. The molecule has 0 aliphatic heterocycles. The molecule has 0 fully saturated rings. The maximum atomic E-state index is 6.21. The molecule has 15 rings (SSSR count). The zero-order valence-electron chi connectivity index (χ0n) is 37.4. The molecule has 15 aromatic rings. The largest absolute Gasteiger partial charge is 0.456 e. The highest BCUT2D eigenvalue weighted by Crippen LogP contribution is 2.45. The van der Waals surface area contributed by atoms with Crippen LogP contribution in [0.5, 0.6) is 0 Å². The van der Waals surface area contributed by atoms with E-state index in [1.807, 2.05) is 48.5 Å². The average Bonchev–Trinajstić information content (AvgIpc) is 4.19. The highest BCUT2D eigenvalue weighted by Gasteiger charge is 2.21. The fraction of sp³-hybridized carbons (Fsp3) is 0. The van der Waals surface area contributed by atoms with E-state index < -0.39 is 0 Å². The molecule has 5 heterocycles. The second-order valence-corrected chi connectivity index (χ2v) is 18.9. The van der Waals surface area contributed by atoms with E-state index in [1.54, 1.807) is 11.3 Å². The van der Waals surface area contributed by atoms with Crippen molar-refractivity contribution in [1.82, 2.24) is 24.1 Å². The molecule has 0 aliphatic rings. The quantitative estimate of drug-likeness (QED) is 0.167. The normalized spacial score (nSPS) is 12.0. The Kier molecular flexibility index (Phi) is 8.43. The summed E-state index contributed by atoms with van der Waals surface area (Å²) in [6.45, 7) is 0. The van der Waals surface area contributed by atoms with Gasteiger partial charge in [0.2, 0.25) is 0 Å². The van der Waals surface area contributed by atoms with Crippen LogP contribution in [0.3, 0.4) is 0 Å². The van der Waals surface area contributed by atoms with Crippen LogP contribution in [-0.4, -0.2) is 24.1 Å². The first-order valence-electron chi connectivity index (χ1n) is 23.5. The van der Waals surface area contributed by atoms with Gasteiger partial charge in [0.05, 0.1) is 32.5 Å². The van der Waals surface area contributed by atoms with Crippen LogP contribution in [0, 0.1) is 0 Å². The van der Waals surface area contributed by atoms with Gasteiger partial charge in [-0.25, -0.2) is 15.0 Å². The zero-order valence-corrected chi connectivity index (χ0v) is 38.2. The summed E-state index contributed by atoms with van der Waals surface area (Å²) in [5, 5.41) is 9.48. The second kappa shape index (κ2) is 15.2. The number of rotatable bonds is 6. The maximum absolute atomic E-state index is 6.21. The molecule has 10 aromatic carbocycles.